The normalized spacial score (nSPS) is 11.1. The van der Waals surface area contributed by atoms with Gasteiger partial charge in [0.25, 0.3) is 5.91 Å². The highest BCUT2D eigenvalue weighted by molar-refractivity contribution is 6.09. The van der Waals surface area contributed by atoms with E-state index >= 15 is 0 Å². The third-order valence-electron chi connectivity index (χ3n) is 6.35. The standard InChI is InChI=1S/C27H34N8O2/c1-29-26(36)25-24(17-9-7-8-10-21(17)35(25)5)19-11-12-30-27(31-19)32-20-15-18(28)22(16-23(20)37-6)34(4)14-13-33(2)3/h7-12,15-16H,13-14,28H2,1-6H3,(H,29,36)(H,30,31,32). The summed E-state index contributed by atoms with van der Waals surface area (Å²) in [7, 11) is 11.2. The minimum Gasteiger partial charge on any atom is -0.494 e. The Morgan fingerprint density at radius 2 is 1.89 bits per heavy atom. The first-order valence-electron chi connectivity index (χ1n) is 12.0. The van der Waals surface area contributed by atoms with Crippen molar-refractivity contribution in [2.75, 3.05) is 64.3 Å². The van der Waals surface area contributed by atoms with Gasteiger partial charge < -0.3 is 35.5 Å². The van der Waals surface area contributed by atoms with Gasteiger partial charge in [-0.25, -0.2) is 9.97 Å². The van der Waals surface area contributed by atoms with Crippen molar-refractivity contribution in [3.05, 3.63) is 54.4 Å². The van der Waals surface area contributed by atoms with Crippen molar-refractivity contribution in [3.8, 4) is 17.0 Å². The van der Waals surface area contributed by atoms with Crippen molar-refractivity contribution in [2.24, 2.45) is 7.05 Å². The molecule has 0 aliphatic carbocycles. The summed E-state index contributed by atoms with van der Waals surface area (Å²) in [4.78, 5) is 26.2. The van der Waals surface area contributed by atoms with E-state index in [1.165, 1.54) is 0 Å². The van der Waals surface area contributed by atoms with Crippen molar-refractivity contribution < 1.29 is 9.53 Å². The Morgan fingerprint density at radius 3 is 2.59 bits per heavy atom. The minimum absolute atomic E-state index is 0.190. The second-order valence-electron chi connectivity index (χ2n) is 9.11. The Morgan fingerprint density at radius 1 is 1.14 bits per heavy atom. The van der Waals surface area contributed by atoms with E-state index in [9.17, 15) is 4.79 Å². The molecular weight excluding hydrogens is 468 g/mol. The van der Waals surface area contributed by atoms with E-state index in [1.807, 2.05) is 69.2 Å². The molecule has 0 radical (unpaired) electrons. The Balaban J connectivity index is 1.72. The number of amides is 1. The molecule has 10 heteroatoms. The lowest BCUT2D eigenvalue weighted by atomic mass is 10.1. The lowest BCUT2D eigenvalue weighted by Crippen LogP contribution is -2.29. The van der Waals surface area contributed by atoms with Gasteiger partial charge in [-0.15, -0.1) is 0 Å². The molecule has 4 N–H and O–H groups in total. The predicted molar refractivity (Wildman–Crippen MR) is 150 cm³/mol. The molecule has 0 spiro atoms. The molecule has 0 aliphatic rings. The van der Waals surface area contributed by atoms with Crippen LogP contribution in [0.25, 0.3) is 22.2 Å². The third kappa shape index (κ3) is 5.14. The van der Waals surface area contributed by atoms with Crippen LogP contribution in [0.5, 0.6) is 5.75 Å². The number of nitrogens with zero attached hydrogens (tertiary/aromatic N) is 5. The quantitative estimate of drug-likeness (QED) is 0.299. The number of ether oxygens (including phenoxy) is 1. The number of hydrogen-bond donors (Lipinski definition) is 3. The number of anilines is 4. The van der Waals surface area contributed by atoms with Crippen LogP contribution >= 0.6 is 0 Å². The summed E-state index contributed by atoms with van der Waals surface area (Å²) in [5.41, 5.74) is 11.4. The fourth-order valence-electron chi connectivity index (χ4n) is 4.37. The van der Waals surface area contributed by atoms with Gasteiger partial charge in [0, 0.05) is 63.0 Å². The lowest BCUT2D eigenvalue weighted by Gasteiger charge is -2.24. The van der Waals surface area contributed by atoms with Gasteiger partial charge >= 0.3 is 0 Å². The van der Waals surface area contributed by atoms with E-state index in [1.54, 1.807) is 26.4 Å². The number of carbonyl (C=O) groups excluding carboxylic acids is 1. The topological polar surface area (TPSA) is 114 Å². The summed E-state index contributed by atoms with van der Waals surface area (Å²) < 4.78 is 7.55. The SMILES string of the molecule is CNC(=O)c1c(-c2ccnc(Nc3cc(N)c(N(C)CCN(C)C)cc3OC)n2)c2ccccc2n1C. The molecule has 2 aromatic heterocycles. The van der Waals surface area contributed by atoms with Crippen LogP contribution in [0.4, 0.5) is 23.0 Å². The van der Waals surface area contributed by atoms with Crippen LogP contribution in [0, 0.1) is 0 Å². The molecule has 0 saturated heterocycles. The van der Waals surface area contributed by atoms with Gasteiger partial charge in [0.05, 0.1) is 29.9 Å². The molecule has 4 aromatic rings. The van der Waals surface area contributed by atoms with Gasteiger partial charge in [-0.1, -0.05) is 18.2 Å². The summed E-state index contributed by atoms with van der Waals surface area (Å²) in [6, 6.07) is 13.4. The zero-order valence-corrected chi connectivity index (χ0v) is 22.2. The molecule has 0 bridgehead atoms. The van der Waals surface area contributed by atoms with E-state index < -0.39 is 0 Å². The molecule has 37 heavy (non-hydrogen) atoms. The molecule has 0 saturated carbocycles. The van der Waals surface area contributed by atoms with Crippen molar-refractivity contribution in [1.29, 1.82) is 0 Å². The van der Waals surface area contributed by atoms with E-state index in [0.717, 1.165) is 35.2 Å². The number of rotatable bonds is 9. The van der Waals surface area contributed by atoms with Gasteiger partial charge in [0.2, 0.25) is 5.95 Å². The number of nitrogens with two attached hydrogens (primary N) is 1. The highest BCUT2D eigenvalue weighted by Gasteiger charge is 2.23. The zero-order chi connectivity index (χ0) is 26.7. The molecule has 0 unspecified atom stereocenters. The van der Waals surface area contributed by atoms with E-state index in [-0.39, 0.29) is 5.91 Å². The fourth-order valence-corrected chi connectivity index (χ4v) is 4.37. The number of hydrogen-bond acceptors (Lipinski definition) is 8. The Labute approximate surface area is 217 Å². The van der Waals surface area contributed by atoms with Crippen LogP contribution in [0.1, 0.15) is 10.5 Å². The van der Waals surface area contributed by atoms with Gasteiger partial charge in [0.1, 0.15) is 11.4 Å². The average molecular weight is 503 g/mol. The summed E-state index contributed by atoms with van der Waals surface area (Å²) in [5.74, 6) is 0.788. The van der Waals surface area contributed by atoms with Gasteiger partial charge in [-0.2, -0.15) is 0 Å². The Bertz CT molecular complexity index is 1430. The molecule has 0 aliphatic heterocycles. The first-order valence-corrected chi connectivity index (χ1v) is 12.0. The van der Waals surface area contributed by atoms with Gasteiger partial charge in [-0.3, -0.25) is 4.79 Å². The van der Waals surface area contributed by atoms with Crippen molar-refractivity contribution in [2.45, 2.75) is 0 Å². The first-order chi connectivity index (χ1) is 17.7. The number of nitrogen functional groups attached to an aromatic ring is 1. The Hall–Kier alpha value is -4.31. The molecule has 10 nitrogen and oxygen atoms in total. The second-order valence-corrected chi connectivity index (χ2v) is 9.11. The number of methoxy groups -OCH3 is 1. The van der Waals surface area contributed by atoms with Crippen LogP contribution in [0.3, 0.4) is 0 Å². The molecule has 0 fully saturated rings. The number of carbonyl (C=O) groups is 1. The minimum atomic E-state index is -0.190. The molecule has 4 rings (SSSR count). The summed E-state index contributed by atoms with van der Waals surface area (Å²) in [5, 5.41) is 6.92. The number of aromatic nitrogens is 3. The average Bonchev–Trinajstić information content (AvgIpc) is 3.19. The van der Waals surface area contributed by atoms with Crippen molar-refractivity contribution in [1.82, 2.24) is 24.8 Å². The van der Waals surface area contributed by atoms with Gasteiger partial charge in [-0.05, 0) is 32.3 Å². The number of aryl methyl sites for hydroxylation is 1. The molecule has 2 heterocycles. The summed E-state index contributed by atoms with van der Waals surface area (Å²) in [6.45, 7) is 1.71. The van der Waals surface area contributed by atoms with Crippen LogP contribution in [-0.2, 0) is 7.05 Å². The predicted octanol–water partition coefficient (Wildman–Crippen LogP) is 3.33. The van der Waals surface area contributed by atoms with Crippen molar-refractivity contribution in [3.63, 3.8) is 0 Å². The summed E-state index contributed by atoms with van der Waals surface area (Å²) >= 11 is 0. The maximum absolute atomic E-state index is 12.8. The number of nitrogens with one attached hydrogen (secondary N) is 2. The highest BCUT2D eigenvalue weighted by Crippen LogP contribution is 2.37. The van der Waals surface area contributed by atoms with Gasteiger partial charge in [0.15, 0.2) is 0 Å². The molecular formula is C27H34N8O2. The van der Waals surface area contributed by atoms with E-state index in [4.69, 9.17) is 15.5 Å². The van der Waals surface area contributed by atoms with Crippen LogP contribution in [0.15, 0.2) is 48.7 Å². The second kappa shape index (κ2) is 10.8. The van der Waals surface area contributed by atoms with E-state index in [2.05, 4.69) is 25.4 Å². The van der Waals surface area contributed by atoms with E-state index in [0.29, 0.717) is 34.5 Å². The first kappa shape index (κ1) is 25.8. The molecule has 194 valence electrons. The van der Waals surface area contributed by atoms with Crippen LogP contribution < -0.4 is 26.0 Å². The number of fused-ring (bicyclic) bond motifs is 1. The maximum atomic E-state index is 12.8. The molecule has 1 amide bonds. The number of benzene rings is 2. The lowest BCUT2D eigenvalue weighted by molar-refractivity contribution is 0.0956. The number of likely N-dealkylation sites (N-methyl/N-ethyl adjacent to an activating group) is 2. The molecule has 0 atom stereocenters. The molecule has 2 aromatic carbocycles. The number of para-hydroxylation sites is 1. The summed E-state index contributed by atoms with van der Waals surface area (Å²) in [6.07, 6.45) is 1.67. The largest absolute Gasteiger partial charge is 0.494 e. The van der Waals surface area contributed by atoms with Crippen LogP contribution in [0.2, 0.25) is 0 Å². The smallest absolute Gasteiger partial charge is 0.268 e. The Kier molecular flexibility index (Phi) is 7.49. The fraction of sp³-hybridized carbons (Fsp3) is 0.296. The monoisotopic (exact) mass is 502 g/mol. The highest BCUT2D eigenvalue weighted by atomic mass is 16.5. The zero-order valence-electron chi connectivity index (χ0n) is 22.2. The van der Waals surface area contributed by atoms with Crippen LogP contribution in [-0.4, -0.2) is 73.7 Å². The third-order valence-corrected chi connectivity index (χ3v) is 6.35. The van der Waals surface area contributed by atoms with Crippen molar-refractivity contribution >= 4 is 39.8 Å². The maximum Gasteiger partial charge on any atom is 0.268 e.